The van der Waals surface area contributed by atoms with Gasteiger partial charge in [0, 0.05) is 11.3 Å². The molecule has 34 heavy (non-hydrogen) atoms. The standard InChI is InChI=1S/C25H22FN3O5/c1-15-4-6-17(7-5-15)25(32)34-21-13-8-18(14-22(21)33-3)16(2)28-29-24(31)23(30)27-20-11-9-19(26)10-12-20/h4-14H,1-3H3,(H,27,30)(H,29,31). The molecule has 3 rings (SSSR count). The Kier molecular flexibility index (Phi) is 7.71. The van der Waals surface area contributed by atoms with Crippen molar-refractivity contribution in [1.29, 1.82) is 0 Å². The number of benzene rings is 3. The fourth-order valence-corrected chi connectivity index (χ4v) is 2.80. The van der Waals surface area contributed by atoms with Gasteiger partial charge < -0.3 is 14.8 Å². The number of methoxy groups -OCH3 is 1. The number of hydrazone groups is 1. The molecule has 2 N–H and O–H groups in total. The quantitative estimate of drug-likeness (QED) is 0.190. The van der Waals surface area contributed by atoms with E-state index in [1.165, 1.54) is 19.2 Å². The molecule has 0 aliphatic carbocycles. The molecule has 8 nitrogen and oxygen atoms in total. The predicted octanol–water partition coefficient (Wildman–Crippen LogP) is 3.84. The van der Waals surface area contributed by atoms with Crippen molar-refractivity contribution in [2.75, 3.05) is 12.4 Å². The van der Waals surface area contributed by atoms with Crippen molar-refractivity contribution in [3.05, 3.63) is 89.2 Å². The Morgan fingerprint density at radius 1 is 0.853 bits per heavy atom. The van der Waals surface area contributed by atoms with E-state index >= 15 is 0 Å². The van der Waals surface area contributed by atoms with Crippen LogP contribution in [0.4, 0.5) is 10.1 Å². The maximum Gasteiger partial charge on any atom is 0.343 e. The molecule has 0 spiro atoms. The third-order valence-corrected chi connectivity index (χ3v) is 4.70. The summed E-state index contributed by atoms with van der Waals surface area (Å²) >= 11 is 0. The number of anilines is 1. The number of rotatable bonds is 6. The molecule has 0 saturated carbocycles. The first-order valence-corrected chi connectivity index (χ1v) is 10.1. The summed E-state index contributed by atoms with van der Waals surface area (Å²) in [6.07, 6.45) is 0. The number of nitrogens with zero attached hydrogens (tertiary/aromatic N) is 1. The second-order valence-corrected chi connectivity index (χ2v) is 7.22. The van der Waals surface area contributed by atoms with Crippen LogP contribution in [0.1, 0.15) is 28.4 Å². The third kappa shape index (κ3) is 6.26. The van der Waals surface area contributed by atoms with Crippen molar-refractivity contribution < 1.29 is 28.2 Å². The number of hydrogen-bond donors (Lipinski definition) is 2. The molecule has 0 aliphatic heterocycles. The summed E-state index contributed by atoms with van der Waals surface area (Å²) in [5.74, 6) is -2.46. The number of amides is 2. The molecule has 0 heterocycles. The van der Waals surface area contributed by atoms with E-state index in [0.717, 1.165) is 17.7 Å². The van der Waals surface area contributed by atoms with Crippen LogP contribution in [0.2, 0.25) is 0 Å². The lowest BCUT2D eigenvalue weighted by atomic mass is 10.1. The van der Waals surface area contributed by atoms with Gasteiger partial charge in [0.1, 0.15) is 5.82 Å². The molecule has 2 amide bonds. The molecule has 0 bridgehead atoms. The Bertz CT molecular complexity index is 1240. The fourth-order valence-electron chi connectivity index (χ4n) is 2.80. The summed E-state index contributed by atoms with van der Waals surface area (Å²) < 4.78 is 23.7. The number of carbonyl (C=O) groups excluding carboxylic acids is 3. The summed E-state index contributed by atoms with van der Waals surface area (Å²) in [4.78, 5) is 36.4. The number of ether oxygens (including phenoxy) is 2. The van der Waals surface area contributed by atoms with Gasteiger partial charge in [-0.1, -0.05) is 17.7 Å². The lowest BCUT2D eigenvalue weighted by Gasteiger charge is -2.11. The van der Waals surface area contributed by atoms with Gasteiger partial charge in [-0.3, -0.25) is 9.59 Å². The van der Waals surface area contributed by atoms with Crippen molar-refractivity contribution >= 4 is 29.2 Å². The van der Waals surface area contributed by atoms with Gasteiger partial charge in [0.25, 0.3) is 0 Å². The van der Waals surface area contributed by atoms with Crippen LogP contribution in [0.5, 0.6) is 11.5 Å². The molecule has 0 aliphatic rings. The second-order valence-electron chi connectivity index (χ2n) is 7.22. The molecule has 0 aromatic heterocycles. The monoisotopic (exact) mass is 463 g/mol. The van der Waals surface area contributed by atoms with Crippen molar-refractivity contribution in [2.45, 2.75) is 13.8 Å². The zero-order valence-electron chi connectivity index (χ0n) is 18.7. The molecular formula is C25H22FN3O5. The van der Waals surface area contributed by atoms with Crippen LogP contribution < -0.4 is 20.2 Å². The zero-order valence-corrected chi connectivity index (χ0v) is 18.7. The molecule has 0 fully saturated rings. The largest absolute Gasteiger partial charge is 0.493 e. The number of hydrogen-bond acceptors (Lipinski definition) is 6. The molecule has 0 radical (unpaired) electrons. The molecule has 0 atom stereocenters. The Morgan fingerprint density at radius 2 is 1.50 bits per heavy atom. The smallest absolute Gasteiger partial charge is 0.343 e. The number of aryl methyl sites for hydroxylation is 1. The van der Waals surface area contributed by atoms with Crippen LogP contribution in [-0.2, 0) is 9.59 Å². The van der Waals surface area contributed by atoms with Crippen LogP contribution in [0.3, 0.4) is 0 Å². The minimum absolute atomic E-state index is 0.215. The van der Waals surface area contributed by atoms with Crippen LogP contribution in [0, 0.1) is 12.7 Å². The summed E-state index contributed by atoms with van der Waals surface area (Å²) in [7, 11) is 1.43. The van der Waals surface area contributed by atoms with Gasteiger partial charge in [0.05, 0.1) is 18.4 Å². The van der Waals surface area contributed by atoms with Gasteiger partial charge >= 0.3 is 17.8 Å². The maximum absolute atomic E-state index is 12.9. The predicted molar refractivity (Wildman–Crippen MR) is 125 cm³/mol. The van der Waals surface area contributed by atoms with Crippen LogP contribution in [-0.4, -0.2) is 30.6 Å². The molecular weight excluding hydrogens is 441 g/mol. The average molecular weight is 463 g/mol. The van der Waals surface area contributed by atoms with E-state index in [-0.39, 0.29) is 17.2 Å². The van der Waals surface area contributed by atoms with E-state index in [9.17, 15) is 18.8 Å². The van der Waals surface area contributed by atoms with Gasteiger partial charge in [0.15, 0.2) is 11.5 Å². The van der Waals surface area contributed by atoms with E-state index in [1.807, 2.05) is 19.1 Å². The minimum Gasteiger partial charge on any atom is -0.493 e. The number of nitrogens with one attached hydrogen (secondary N) is 2. The lowest BCUT2D eigenvalue weighted by molar-refractivity contribution is -0.136. The topological polar surface area (TPSA) is 106 Å². The van der Waals surface area contributed by atoms with Crippen LogP contribution >= 0.6 is 0 Å². The number of halogens is 1. The van der Waals surface area contributed by atoms with Gasteiger partial charge in [-0.25, -0.2) is 14.6 Å². The Morgan fingerprint density at radius 3 is 2.15 bits per heavy atom. The van der Waals surface area contributed by atoms with Gasteiger partial charge in [-0.2, -0.15) is 5.10 Å². The Labute approximate surface area is 195 Å². The van der Waals surface area contributed by atoms with Crippen molar-refractivity contribution in [3.63, 3.8) is 0 Å². The van der Waals surface area contributed by atoms with E-state index in [0.29, 0.717) is 16.8 Å². The lowest BCUT2D eigenvalue weighted by Crippen LogP contribution is -2.32. The highest BCUT2D eigenvalue weighted by molar-refractivity contribution is 6.39. The summed E-state index contributed by atoms with van der Waals surface area (Å²) in [6.45, 7) is 3.53. The van der Waals surface area contributed by atoms with Gasteiger partial charge in [-0.05, 0) is 68.4 Å². The van der Waals surface area contributed by atoms with E-state index in [4.69, 9.17) is 9.47 Å². The first-order chi connectivity index (χ1) is 16.3. The van der Waals surface area contributed by atoms with Crippen LogP contribution in [0.25, 0.3) is 0 Å². The zero-order chi connectivity index (χ0) is 24.7. The number of esters is 1. The highest BCUT2D eigenvalue weighted by Crippen LogP contribution is 2.29. The van der Waals surface area contributed by atoms with Gasteiger partial charge in [0.2, 0.25) is 0 Å². The van der Waals surface area contributed by atoms with Crippen molar-refractivity contribution in [3.8, 4) is 11.5 Å². The van der Waals surface area contributed by atoms with E-state index < -0.39 is 23.6 Å². The Hall–Kier alpha value is -4.53. The number of carbonyl (C=O) groups is 3. The SMILES string of the molecule is COc1cc(C(C)=NNC(=O)C(=O)Nc2ccc(F)cc2)ccc1OC(=O)c1ccc(C)cc1. The molecule has 9 heteroatoms. The normalized spacial score (nSPS) is 10.9. The Balaban J connectivity index is 1.65. The van der Waals surface area contributed by atoms with E-state index in [2.05, 4.69) is 15.8 Å². The fraction of sp³-hybridized carbons (Fsp3) is 0.120. The highest BCUT2D eigenvalue weighted by Gasteiger charge is 2.15. The third-order valence-electron chi connectivity index (χ3n) is 4.70. The molecule has 0 saturated heterocycles. The summed E-state index contributed by atoms with van der Waals surface area (Å²) in [6, 6.07) is 16.7. The first-order valence-electron chi connectivity index (χ1n) is 10.1. The van der Waals surface area contributed by atoms with Crippen LogP contribution in [0.15, 0.2) is 71.8 Å². The molecule has 0 unspecified atom stereocenters. The summed E-state index contributed by atoms with van der Waals surface area (Å²) in [5.41, 5.74) is 4.78. The molecule has 3 aromatic carbocycles. The second kappa shape index (κ2) is 10.9. The van der Waals surface area contributed by atoms with Crippen molar-refractivity contribution in [2.24, 2.45) is 5.10 Å². The summed E-state index contributed by atoms with van der Waals surface area (Å²) in [5, 5.41) is 6.26. The van der Waals surface area contributed by atoms with Crippen molar-refractivity contribution in [1.82, 2.24) is 5.43 Å². The highest BCUT2D eigenvalue weighted by atomic mass is 19.1. The average Bonchev–Trinajstić information content (AvgIpc) is 2.84. The van der Waals surface area contributed by atoms with Gasteiger partial charge in [-0.15, -0.1) is 0 Å². The maximum atomic E-state index is 12.9. The molecule has 174 valence electrons. The minimum atomic E-state index is -1.00. The molecule has 3 aromatic rings. The first kappa shape index (κ1) is 24.1. The van der Waals surface area contributed by atoms with E-state index in [1.54, 1.807) is 37.3 Å².